The van der Waals surface area contributed by atoms with Crippen LogP contribution in [0.15, 0.2) is 24.3 Å². The first-order valence-corrected chi connectivity index (χ1v) is 6.78. The van der Waals surface area contributed by atoms with Gasteiger partial charge in [0.15, 0.2) is 0 Å². The first kappa shape index (κ1) is 10.1. The van der Waals surface area contributed by atoms with Crippen LogP contribution in [0.1, 0.15) is 0 Å². The molecule has 0 unspecified atom stereocenters. The molecule has 0 spiro atoms. The molecule has 0 heterocycles. The smallest absolute Gasteiger partial charge is 0.140 e. The summed E-state index contributed by atoms with van der Waals surface area (Å²) in [5, 5.41) is 0. The predicted molar refractivity (Wildman–Crippen MR) is 55.8 cm³/mol. The summed E-state index contributed by atoms with van der Waals surface area (Å²) < 4.78 is 16.6. The molecule has 1 aromatic rings. The molecule has 0 aliphatic rings. The van der Waals surface area contributed by atoms with Crippen LogP contribution in [-0.4, -0.2) is 19.7 Å². The normalized spacial score (nSPS) is 11.2. The van der Waals surface area contributed by atoms with Gasteiger partial charge in [-0.3, -0.25) is 0 Å². The Kier molecular flexibility index (Phi) is 2.99. The van der Waals surface area contributed by atoms with E-state index in [9.17, 15) is 4.57 Å². The molecular weight excluding hydrogens is 185 g/mol. The van der Waals surface area contributed by atoms with Gasteiger partial charge in [0.05, 0.1) is 0 Å². The molecule has 0 fully saturated rings. The van der Waals surface area contributed by atoms with Crippen molar-refractivity contribution in [2.75, 3.05) is 25.4 Å². The summed E-state index contributed by atoms with van der Waals surface area (Å²) in [5.41, 5.74) is 6.20. The van der Waals surface area contributed by atoms with E-state index in [-0.39, 0.29) is 6.35 Å². The Morgan fingerprint density at radius 3 is 2.69 bits per heavy atom. The molecule has 0 radical (unpaired) electrons. The van der Waals surface area contributed by atoms with Crippen LogP contribution in [0.25, 0.3) is 0 Å². The minimum atomic E-state index is -2.11. The molecular formula is C9H14NO2P. The highest BCUT2D eigenvalue weighted by Crippen LogP contribution is 2.35. The summed E-state index contributed by atoms with van der Waals surface area (Å²) >= 11 is 0. The third-order valence-electron chi connectivity index (χ3n) is 1.40. The van der Waals surface area contributed by atoms with Gasteiger partial charge in [0.25, 0.3) is 0 Å². The molecule has 72 valence electrons. The Balaban J connectivity index is 2.60. The number of hydrogen-bond acceptors (Lipinski definition) is 3. The second-order valence-corrected chi connectivity index (χ2v) is 6.83. The van der Waals surface area contributed by atoms with E-state index in [1.165, 1.54) is 0 Å². The molecule has 0 amide bonds. The van der Waals surface area contributed by atoms with E-state index in [2.05, 4.69) is 0 Å². The third-order valence-corrected chi connectivity index (χ3v) is 2.15. The topological polar surface area (TPSA) is 52.3 Å². The molecule has 1 aromatic carbocycles. The van der Waals surface area contributed by atoms with E-state index in [4.69, 9.17) is 10.5 Å². The molecule has 0 aliphatic carbocycles. The molecule has 1 rings (SSSR count). The standard InChI is InChI=1S/C9H14NO2P/c1-13(2,11)7-12-9-5-3-4-8(10)6-9/h3-6H,7,10H2,1-2H3. The van der Waals surface area contributed by atoms with Gasteiger partial charge in [-0.15, -0.1) is 0 Å². The van der Waals surface area contributed by atoms with E-state index in [1.807, 2.05) is 0 Å². The van der Waals surface area contributed by atoms with Crippen LogP contribution in [0.2, 0.25) is 0 Å². The highest BCUT2D eigenvalue weighted by molar-refractivity contribution is 7.62. The van der Waals surface area contributed by atoms with Crippen molar-refractivity contribution in [1.82, 2.24) is 0 Å². The summed E-state index contributed by atoms with van der Waals surface area (Å²) in [4.78, 5) is 0. The monoisotopic (exact) mass is 199 g/mol. The Labute approximate surface area is 78.3 Å². The minimum Gasteiger partial charge on any atom is -0.486 e. The van der Waals surface area contributed by atoms with Crippen molar-refractivity contribution in [3.8, 4) is 5.75 Å². The summed E-state index contributed by atoms with van der Waals surface area (Å²) in [5.74, 6) is 0.670. The maximum absolute atomic E-state index is 11.3. The third kappa shape index (κ3) is 4.00. The number of benzene rings is 1. The summed E-state index contributed by atoms with van der Waals surface area (Å²) in [6.07, 6.45) is 0.260. The molecule has 0 bridgehead atoms. The lowest BCUT2D eigenvalue weighted by Gasteiger charge is -2.09. The van der Waals surface area contributed by atoms with E-state index >= 15 is 0 Å². The average Bonchev–Trinajstić information content (AvgIpc) is 2.00. The van der Waals surface area contributed by atoms with Crippen molar-refractivity contribution in [2.45, 2.75) is 0 Å². The predicted octanol–water partition coefficient (Wildman–Crippen LogP) is 2.23. The van der Waals surface area contributed by atoms with Gasteiger partial charge < -0.3 is 15.0 Å². The molecule has 0 saturated carbocycles. The second-order valence-electron chi connectivity index (χ2n) is 3.42. The number of anilines is 1. The lowest BCUT2D eigenvalue weighted by molar-refractivity contribution is 0.378. The Morgan fingerprint density at radius 1 is 1.46 bits per heavy atom. The van der Waals surface area contributed by atoms with Crippen LogP contribution in [0.3, 0.4) is 0 Å². The van der Waals surface area contributed by atoms with Gasteiger partial charge in [-0.05, 0) is 25.5 Å². The fraction of sp³-hybridized carbons (Fsp3) is 0.333. The van der Waals surface area contributed by atoms with Crippen LogP contribution >= 0.6 is 7.14 Å². The van der Waals surface area contributed by atoms with E-state index in [0.717, 1.165) is 0 Å². The zero-order valence-corrected chi connectivity index (χ0v) is 8.75. The summed E-state index contributed by atoms with van der Waals surface area (Å²) in [7, 11) is -2.11. The maximum atomic E-state index is 11.3. The van der Waals surface area contributed by atoms with Gasteiger partial charge in [-0.25, -0.2) is 0 Å². The van der Waals surface area contributed by atoms with Crippen molar-refractivity contribution >= 4 is 12.8 Å². The first-order valence-electron chi connectivity index (χ1n) is 4.00. The first-order chi connectivity index (χ1) is 5.97. The fourth-order valence-electron chi connectivity index (χ4n) is 0.834. The highest BCUT2D eigenvalue weighted by atomic mass is 31.2. The number of ether oxygens (including phenoxy) is 1. The Hall–Kier alpha value is -0.950. The largest absolute Gasteiger partial charge is 0.486 e. The van der Waals surface area contributed by atoms with Gasteiger partial charge >= 0.3 is 0 Å². The van der Waals surface area contributed by atoms with Crippen molar-refractivity contribution in [3.63, 3.8) is 0 Å². The Morgan fingerprint density at radius 2 is 2.15 bits per heavy atom. The van der Waals surface area contributed by atoms with Crippen molar-refractivity contribution < 1.29 is 9.30 Å². The van der Waals surface area contributed by atoms with Crippen LogP contribution in [0.5, 0.6) is 5.75 Å². The van der Waals surface area contributed by atoms with Crippen molar-refractivity contribution in [2.24, 2.45) is 0 Å². The van der Waals surface area contributed by atoms with Crippen molar-refractivity contribution in [3.05, 3.63) is 24.3 Å². The number of nitrogen functional groups attached to an aromatic ring is 1. The van der Waals surface area contributed by atoms with Crippen LogP contribution in [0, 0.1) is 0 Å². The van der Waals surface area contributed by atoms with Gasteiger partial charge in [-0.1, -0.05) is 6.07 Å². The molecule has 2 N–H and O–H groups in total. The van der Waals surface area contributed by atoms with E-state index in [0.29, 0.717) is 11.4 Å². The lowest BCUT2D eigenvalue weighted by atomic mass is 10.3. The van der Waals surface area contributed by atoms with Crippen molar-refractivity contribution in [1.29, 1.82) is 0 Å². The van der Waals surface area contributed by atoms with Crippen LogP contribution < -0.4 is 10.5 Å². The van der Waals surface area contributed by atoms with E-state index in [1.54, 1.807) is 37.6 Å². The lowest BCUT2D eigenvalue weighted by Crippen LogP contribution is -1.97. The highest BCUT2D eigenvalue weighted by Gasteiger charge is 2.07. The minimum absolute atomic E-state index is 0.260. The van der Waals surface area contributed by atoms with Gasteiger partial charge in [0, 0.05) is 11.8 Å². The molecule has 0 atom stereocenters. The summed E-state index contributed by atoms with van der Waals surface area (Å²) in [6.45, 7) is 3.39. The number of rotatable bonds is 3. The average molecular weight is 199 g/mol. The zero-order chi connectivity index (χ0) is 9.90. The molecule has 0 aromatic heterocycles. The quantitative estimate of drug-likeness (QED) is 0.599. The molecule has 4 heteroatoms. The number of hydrogen-bond donors (Lipinski definition) is 1. The zero-order valence-electron chi connectivity index (χ0n) is 7.86. The molecule has 13 heavy (non-hydrogen) atoms. The molecule has 0 saturated heterocycles. The second kappa shape index (κ2) is 3.84. The van der Waals surface area contributed by atoms with Gasteiger partial charge in [0.1, 0.15) is 19.2 Å². The Bertz CT molecular complexity index is 332. The SMILES string of the molecule is CP(C)(=O)COc1cccc(N)c1. The van der Waals surface area contributed by atoms with Gasteiger partial charge in [0.2, 0.25) is 0 Å². The number of nitrogens with two attached hydrogens (primary N) is 1. The molecule has 0 aliphatic heterocycles. The fourth-order valence-corrected chi connectivity index (χ4v) is 1.29. The molecule has 3 nitrogen and oxygen atoms in total. The maximum Gasteiger partial charge on any atom is 0.140 e. The van der Waals surface area contributed by atoms with Crippen LogP contribution in [-0.2, 0) is 4.57 Å². The van der Waals surface area contributed by atoms with Crippen LogP contribution in [0.4, 0.5) is 5.69 Å². The van der Waals surface area contributed by atoms with E-state index < -0.39 is 7.14 Å². The van der Waals surface area contributed by atoms with Gasteiger partial charge in [-0.2, -0.15) is 0 Å². The summed E-state index contributed by atoms with van der Waals surface area (Å²) in [6, 6.07) is 7.10.